The molecule has 0 saturated carbocycles. The van der Waals surface area contributed by atoms with Crippen LogP contribution in [0.5, 0.6) is 11.5 Å². The molecule has 0 radical (unpaired) electrons. The van der Waals surface area contributed by atoms with Crippen LogP contribution in [0.3, 0.4) is 0 Å². The summed E-state index contributed by atoms with van der Waals surface area (Å²) in [5.74, 6) is 0.994. The Bertz CT molecular complexity index is 649. The van der Waals surface area contributed by atoms with Crippen LogP contribution in [0.2, 0.25) is 0 Å². The lowest BCUT2D eigenvalue weighted by molar-refractivity contribution is 0.275. The molecule has 0 aliphatic rings. The van der Waals surface area contributed by atoms with Crippen molar-refractivity contribution in [1.82, 2.24) is 5.32 Å². The Hall–Kier alpha value is -2.11. The Kier molecular flexibility index (Phi) is 8.22. The summed E-state index contributed by atoms with van der Waals surface area (Å²) < 4.78 is 25.1. The number of hydrogen-bond acceptors (Lipinski definition) is 4. The average Bonchev–Trinajstić information content (AvgIpc) is 2.64. The van der Waals surface area contributed by atoms with Gasteiger partial charge in [0.2, 0.25) is 0 Å². The Morgan fingerprint density at radius 2 is 1.80 bits per heavy atom. The number of unbranched alkanes of at least 4 members (excludes halogenated alkanes) is 2. The molecule has 0 aliphatic heterocycles. The lowest BCUT2D eigenvalue weighted by Gasteiger charge is -2.16. The third-order valence-electron chi connectivity index (χ3n) is 3.94. The lowest BCUT2D eigenvalue weighted by Crippen LogP contribution is -2.16. The summed E-state index contributed by atoms with van der Waals surface area (Å²) in [6.07, 6.45) is 2.84. The molecular formula is C20H26FNO3. The maximum absolute atomic E-state index is 13.8. The first kappa shape index (κ1) is 19.2. The van der Waals surface area contributed by atoms with Crippen LogP contribution in [0.15, 0.2) is 42.5 Å². The summed E-state index contributed by atoms with van der Waals surface area (Å²) in [5, 5.41) is 12.2. The molecule has 0 amide bonds. The molecule has 0 bridgehead atoms. The van der Waals surface area contributed by atoms with Crippen LogP contribution in [-0.4, -0.2) is 25.4 Å². The van der Waals surface area contributed by atoms with Crippen LogP contribution in [0.25, 0.3) is 0 Å². The van der Waals surface area contributed by atoms with E-state index in [-0.39, 0.29) is 19.0 Å². The van der Waals surface area contributed by atoms with Crippen molar-refractivity contribution in [3.63, 3.8) is 0 Å². The molecule has 0 unspecified atom stereocenters. The topological polar surface area (TPSA) is 50.7 Å². The molecule has 0 spiro atoms. The zero-order valence-corrected chi connectivity index (χ0v) is 14.6. The number of nitrogens with one attached hydrogen (secondary N) is 1. The molecule has 0 atom stereocenters. The van der Waals surface area contributed by atoms with E-state index in [1.54, 1.807) is 25.3 Å². The fraction of sp³-hybridized carbons (Fsp3) is 0.400. The van der Waals surface area contributed by atoms with Crippen LogP contribution < -0.4 is 14.8 Å². The van der Waals surface area contributed by atoms with E-state index in [4.69, 9.17) is 14.6 Å². The van der Waals surface area contributed by atoms with Gasteiger partial charge in [0.1, 0.15) is 12.4 Å². The second-order valence-electron chi connectivity index (χ2n) is 5.79. The van der Waals surface area contributed by atoms with Gasteiger partial charge in [0, 0.05) is 24.3 Å². The smallest absolute Gasteiger partial charge is 0.166 e. The fourth-order valence-electron chi connectivity index (χ4n) is 2.55. The van der Waals surface area contributed by atoms with Gasteiger partial charge in [0.05, 0.1) is 7.11 Å². The highest BCUT2D eigenvalue weighted by Crippen LogP contribution is 2.32. The van der Waals surface area contributed by atoms with Crippen molar-refractivity contribution in [3.05, 3.63) is 59.4 Å². The second kappa shape index (κ2) is 10.7. The number of aliphatic hydroxyl groups is 1. The van der Waals surface area contributed by atoms with Crippen molar-refractivity contribution in [2.24, 2.45) is 0 Å². The maximum atomic E-state index is 13.8. The lowest BCUT2D eigenvalue weighted by atomic mass is 10.1. The summed E-state index contributed by atoms with van der Waals surface area (Å²) in [6.45, 7) is 1.90. The van der Waals surface area contributed by atoms with Gasteiger partial charge in [-0.15, -0.1) is 0 Å². The molecular weight excluding hydrogens is 321 g/mol. The zero-order valence-electron chi connectivity index (χ0n) is 14.6. The molecule has 0 aliphatic carbocycles. The Morgan fingerprint density at radius 3 is 2.56 bits per heavy atom. The van der Waals surface area contributed by atoms with Crippen molar-refractivity contribution in [1.29, 1.82) is 0 Å². The molecule has 25 heavy (non-hydrogen) atoms. The molecule has 0 saturated heterocycles. The predicted molar refractivity (Wildman–Crippen MR) is 96.4 cm³/mol. The van der Waals surface area contributed by atoms with Crippen LogP contribution in [0.1, 0.15) is 30.4 Å². The van der Waals surface area contributed by atoms with Gasteiger partial charge in [0.25, 0.3) is 0 Å². The van der Waals surface area contributed by atoms with Gasteiger partial charge in [-0.25, -0.2) is 4.39 Å². The number of rotatable bonds is 11. The molecule has 2 rings (SSSR count). The number of ether oxygens (including phenoxy) is 2. The summed E-state index contributed by atoms with van der Waals surface area (Å²) in [6, 6.07) is 12.3. The van der Waals surface area contributed by atoms with Gasteiger partial charge in [0.15, 0.2) is 11.5 Å². The average molecular weight is 347 g/mol. The van der Waals surface area contributed by atoms with E-state index in [9.17, 15) is 4.39 Å². The van der Waals surface area contributed by atoms with Crippen LogP contribution >= 0.6 is 0 Å². The number of hydrogen-bond donors (Lipinski definition) is 2. The molecule has 0 aromatic heterocycles. The summed E-state index contributed by atoms with van der Waals surface area (Å²) in [4.78, 5) is 0. The molecule has 136 valence electrons. The van der Waals surface area contributed by atoms with Crippen molar-refractivity contribution in [3.8, 4) is 11.5 Å². The Balaban J connectivity index is 1.98. The van der Waals surface area contributed by atoms with Gasteiger partial charge in [-0.1, -0.05) is 30.3 Å². The quantitative estimate of drug-likeness (QED) is 0.609. The van der Waals surface area contributed by atoms with Gasteiger partial charge in [-0.3, -0.25) is 0 Å². The summed E-state index contributed by atoms with van der Waals surface area (Å²) in [5.41, 5.74) is 1.48. The fourth-order valence-corrected chi connectivity index (χ4v) is 2.55. The number of halogens is 1. The maximum Gasteiger partial charge on any atom is 0.166 e. The van der Waals surface area contributed by atoms with Crippen molar-refractivity contribution >= 4 is 0 Å². The molecule has 2 aromatic rings. The van der Waals surface area contributed by atoms with Crippen LogP contribution in [0, 0.1) is 5.82 Å². The largest absolute Gasteiger partial charge is 0.493 e. The standard InChI is InChI=1S/C20H26FNO3/c1-24-19-11-7-9-16(14-22-12-5-2-6-13-23)20(19)25-15-17-8-3-4-10-18(17)21/h3-4,7-11,22-23H,2,5-6,12-15H2,1H3. The van der Waals surface area contributed by atoms with E-state index in [0.29, 0.717) is 23.6 Å². The number of para-hydroxylation sites is 1. The monoisotopic (exact) mass is 347 g/mol. The number of methoxy groups -OCH3 is 1. The molecule has 0 fully saturated rings. The van der Waals surface area contributed by atoms with Crippen LogP contribution in [0.4, 0.5) is 4.39 Å². The van der Waals surface area contributed by atoms with Gasteiger partial charge in [-0.2, -0.15) is 0 Å². The predicted octanol–water partition coefficient (Wildman–Crippen LogP) is 3.67. The number of aliphatic hydroxyl groups excluding tert-OH is 1. The van der Waals surface area contributed by atoms with Crippen molar-refractivity contribution in [2.75, 3.05) is 20.3 Å². The molecule has 2 aromatic carbocycles. The van der Waals surface area contributed by atoms with E-state index in [2.05, 4.69) is 5.32 Å². The van der Waals surface area contributed by atoms with Gasteiger partial charge < -0.3 is 19.9 Å². The molecule has 2 N–H and O–H groups in total. The Labute approximate surface area is 148 Å². The highest BCUT2D eigenvalue weighted by Gasteiger charge is 2.11. The summed E-state index contributed by atoms with van der Waals surface area (Å²) >= 11 is 0. The minimum absolute atomic E-state index is 0.149. The molecule has 5 heteroatoms. The van der Waals surface area contributed by atoms with E-state index in [1.165, 1.54) is 6.07 Å². The SMILES string of the molecule is COc1cccc(CNCCCCCO)c1OCc1ccccc1F. The van der Waals surface area contributed by atoms with E-state index in [0.717, 1.165) is 31.4 Å². The Morgan fingerprint density at radius 1 is 1.00 bits per heavy atom. The van der Waals surface area contributed by atoms with Crippen LogP contribution in [-0.2, 0) is 13.2 Å². The highest BCUT2D eigenvalue weighted by molar-refractivity contribution is 5.46. The third kappa shape index (κ3) is 6.03. The normalized spacial score (nSPS) is 10.7. The van der Waals surface area contributed by atoms with Gasteiger partial charge >= 0.3 is 0 Å². The van der Waals surface area contributed by atoms with E-state index in [1.807, 2.05) is 18.2 Å². The van der Waals surface area contributed by atoms with E-state index >= 15 is 0 Å². The minimum Gasteiger partial charge on any atom is -0.493 e. The summed E-state index contributed by atoms with van der Waals surface area (Å²) in [7, 11) is 1.59. The minimum atomic E-state index is -0.277. The van der Waals surface area contributed by atoms with E-state index < -0.39 is 0 Å². The molecule has 4 nitrogen and oxygen atoms in total. The van der Waals surface area contributed by atoms with Crippen molar-refractivity contribution in [2.45, 2.75) is 32.4 Å². The highest BCUT2D eigenvalue weighted by atomic mass is 19.1. The zero-order chi connectivity index (χ0) is 17.9. The first-order valence-electron chi connectivity index (χ1n) is 8.60. The second-order valence-corrected chi connectivity index (χ2v) is 5.79. The molecule has 0 heterocycles. The third-order valence-corrected chi connectivity index (χ3v) is 3.94. The number of benzene rings is 2. The first-order chi connectivity index (χ1) is 12.3. The van der Waals surface area contributed by atoms with Crippen molar-refractivity contribution < 1.29 is 19.0 Å². The first-order valence-corrected chi connectivity index (χ1v) is 8.60. The van der Waals surface area contributed by atoms with Gasteiger partial charge in [-0.05, 0) is 37.9 Å².